The highest BCUT2D eigenvalue weighted by Gasteiger charge is 2.31. The molecule has 0 bridgehead atoms. The van der Waals surface area contributed by atoms with Gasteiger partial charge in [0.05, 0.1) is 12.7 Å². The molecule has 2 rings (SSSR count). The zero-order valence-electron chi connectivity index (χ0n) is 14.3. The van der Waals surface area contributed by atoms with Crippen LogP contribution in [0.4, 0.5) is 18.0 Å². The molecule has 1 aliphatic heterocycles. The van der Waals surface area contributed by atoms with Gasteiger partial charge in [-0.1, -0.05) is 12.1 Å². The lowest BCUT2D eigenvalue weighted by atomic mass is 10.1. The highest BCUT2D eigenvalue weighted by atomic mass is 19.4. The molecule has 25 heavy (non-hydrogen) atoms. The zero-order valence-corrected chi connectivity index (χ0v) is 14.3. The summed E-state index contributed by atoms with van der Waals surface area (Å²) in [7, 11) is 0. The van der Waals surface area contributed by atoms with Crippen molar-refractivity contribution in [3.05, 3.63) is 29.8 Å². The maximum absolute atomic E-state index is 12.3. The molecule has 1 heterocycles. The monoisotopic (exact) mass is 360 g/mol. The van der Waals surface area contributed by atoms with Gasteiger partial charge in [0.2, 0.25) is 0 Å². The van der Waals surface area contributed by atoms with E-state index in [0.29, 0.717) is 18.7 Å². The number of benzene rings is 1. The van der Waals surface area contributed by atoms with Crippen molar-refractivity contribution in [1.29, 1.82) is 0 Å². The molecular formula is C17H23F3N2O3. The van der Waals surface area contributed by atoms with E-state index in [2.05, 4.69) is 10.1 Å². The van der Waals surface area contributed by atoms with Gasteiger partial charge in [-0.25, -0.2) is 4.79 Å². The van der Waals surface area contributed by atoms with Gasteiger partial charge in [-0.05, 0) is 44.4 Å². The van der Waals surface area contributed by atoms with E-state index >= 15 is 0 Å². The summed E-state index contributed by atoms with van der Waals surface area (Å²) in [5.74, 6) is -0.268. The van der Waals surface area contributed by atoms with E-state index in [4.69, 9.17) is 4.74 Å². The van der Waals surface area contributed by atoms with Gasteiger partial charge in [0.25, 0.3) is 0 Å². The zero-order chi connectivity index (χ0) is 18.4. The molecule has 5 nitrogen and oxygen atoms in total. The Morgan fingerprint density at radius 1 is 1.40 bits per heavy atom. The average Bonchev–Trinajstić information content (AvgIpc) is 2.51. The van der Waals surface area contributed by atoms with Crippen LogP contribution in [0.25, 0.3) is 0 Å². The van der Waals surface area contributed by atoms with Gasteiger partial charge < -0.3 is 19.7 Å². The third-order valence-corrected chi connectivity index (χ3v) is 3.70. The van der Waals surface area contributed by atoms with Crippen LogP contribution in [0.15, 0.2) is 24.3 Å². The van der Waals surface area contributed by atoms with E-state index in [1.165, 1.54) is 18.2 Å². The number of rotatable bonds is 5. The number of carbonyl (C=O) groups is 1. The Hall–Kier alpha value is -1.96. The van der Waals surface area contributed by atoms with Crippen molar-refractivity contribution in [1.82, 2.24) is 10.2 Å². The summed E-state index contributed by atoms with van der Waals surface area (Å²) in [6.07, 6.45) is -3.22. The van der Waals surface area contributed by atoms with Crippen LogP contribution >= 0.6 is 0 Å². The topological polar surface area (TPSA) is 50.8 Å². The quantitative estimate of drug-likeness (QED) is 0.871. The van der Waals surface area contributed by atoms with Crippen LogP contribution in [-0.4, -0.2) is 42.5 Å². The molecule has 140 valence electrons. The first-order valence-corrected chi connectivity index (χ1v) is 8.24. The molecule has 1 aromatic rings. The van der Waals surface area contributed by atoms with Crippen LogP contribution in [0, 0.1) is 0 Å². The minimum Gasteiger partial charge on any atom is -0.406 e. The number of likely N-dealkylation sites (tertiary alicyclic amines) is 1. The molecule has 1 fully saturated rings. The Labute approximate surface area is 145 Å². The number of hydrogen-bond donors (Lipinski definition) is 1. The molecular weight excluding hydrogens is 337 g/mol. The van der Waals surface area contributed by atoms with Crippen LogP contribution in [0.5, 0.6) is 5.75 Å². The van der Waals surface area contributed by atoms with Crippen LogP contribution in [0.1, 0.15) is 32.3 Å². The normalized spacial score (nSPS) is 18.3. The van der Waals surface area contributed by atoms with Crippen molar-refractivity contribution in [3.8, 4) is 5.75 Å². The van der Waals surface area contributed by atoms with Gasteiger partial charge in [0.1, 0.15) is 5.75 Å². The fourth-order valence-corrected chi connectivity index (χ4v) is 2.64. The maximum atomic E-state index is 12.3. The first-order chi connectivity index (χ1) is 11.7. The molecule has 0 spiro atoms. The first-order valence-electron chi connectivity index (χ1n) is 8.24. The van der Waals surface area contributed by atoms with Crippen molar-refractivity contribution < 1.29 is 27.4 Å². The van der Waals surface area contributed by atoms with Crippen LogP contribution in [0.3, 0.4) is 0 Å². The summed E-state index contributed by atoms with van der Waals surface area (Å²) >= 11 is 0. The van der Waals surface area contributed by atoms with Crippen LogP contribution in [0.2, 0.25) is 0 Å². The molecule has 0 aromatic heterocycles. The number of ether oxygens (including phenoxy) is 2. The maximum Gasteiger partial charge on any atom is 0.573 e. The van der Waals surface area contributed by atoms with Gasteiger partial charge in [-0.3, -0.25) is 0 Å². The molecule has 1 saturated heterocycles. The number of urea groups is 1. The molecule has 1 N–H and O–H groups in total. The molecule has 1 aliphatic rings. The lowest BCUT2D eigenvalue weighted by molar-refractivity contribution is -0.274. The lowest BCUT2D eigenvalue weighted by Crippen LogP contribution is -2.49. The Morgan fingerprint density at radius 3 is 2.84 bits per heavy atom. The molecule has 0 radical (unpaired) electrons. The second-order valence-electron chi connectivity index (χ2n) is 6.32. The SMILES string of the molecule is CC(C)NC(=O)N1CCCC(OCc2cccc(OC(F)(F)F)c2)C1. The number of halogens is 3. The summed E-state index contributed by atoms with van der Waals surface area (Å²) in [5.41, 5.74) is 0.588. The van der Waals surface area contributed by atoms with Crippen molar-refractivity contribution in [2.24, 2.45) is 0 Å². The Balaban J connectivity index is 1.86. The second-order valence-corrected chi connectivity index (χ2v) is 6.32. The van der Waals surface area contributed by atoms with Gasteiger partial charge in [-0.15, -0.1) is 13.2 Å². The van der Waals surface area contributed by atoms with E-state index in [1.54, 1.807) is 11.0 Å². The minimum atomic E-state index is -4.72. The third-order valence-electron chi connectivity index (χ3n) is 3.70. The predicted octanol–water partition coefficient (Wildman–Crippen LogP) is 3.68. The number of carbonyl (C=O) groups excluding carboxylic acids is 1. The number of hydrogen-bond acceptors (Lipinski definition) is 3. The van der Waals surface area contributed by atoms with E-state index in [9.17, 15) is 18.0 Å². The summed E-state index contributed by atoms with van der Waals surface area (Å²) < 4.78 is 46.5. The van der Waals surface area contributed by atoms with E-state index < -0.39 is 6.36 Å². The van der Waals surface area contributed by atoms with E-state index in [0.717, 1.165) is 12.8 Å². The molecule has 0 aliphatic carbocycles. The van der Waals surface area contributed by atoms with Crippen molar-refractivity contribution in [3.63, 3.8) is 0 Å². The fourth-order valence-electron chi connectivity index (χ4n) is 2.64. The first kappa shape index (κ1) is 19.4. The standard InChI is InChI=1S/C17H23F3N2O3/c1-12(2)21-16(23)22-8-4-7-15(10-22)24-11-13-5-3-6-14(9-13)25-17(18,19)20/h3,5-6,9,12,15H,4,7-8,10-11H2,1-2H3,(H,21,23). The molecule has 1 aromatic carbocycles. The number of piperidine rings is 1. The highest BCUT2D eigenvalue weighted by molar-refractivity contribution is 5.74. The van der Waals surface area contributed by atoms with Crippen LogP contribution < -0.4 is 10.1 Å². The van der Waals surface area contributed by atoms with Crippen molar-refractivity contribution >= 4 is 6.03 Å². The highest BCUT2D eigenvalue weighted by Crippen LogP contribution is 2.24. The molecule has 8 heteroatoms. The van der Waals surface area contributed by atoms with Gasteiger partial charge >= 0.3 is 12.4 Å². The number of nitrogens with one attached hydrogen (secondary N) is 1. The van der Waals surface area contributed by atoms with E-state index in [1.807, 2.05) is 13.8 Å². The number of amides is 2. The van der Waals surface area contributed by atoms with Gasteiger partial charge in [-0.2, -0.15) is 0 Å². The number of nitrogens with zero attached hydrogens (tertiary/aromatic N) is 1. The van der Waals surface area contributed by atoms with Crippen LogP contribution in [-0.2, 0) is 11.3 Å². The van der Waals surface area contributed by atoms with E-state index in [-0.39, 0.29) is 30.5 Å². The summed E-state index contributed by atoms with van der Waals surface area (Å²) in [5, 5.41) is 2.84. The van der Waals surface area contributed by atoms with Crippen molar-refractivity contribution in [2.45, 2.75) is 51.8 Å². The molecule has 0 saturated carbocycles. The Kier molecular flexibility index (Phi) is 6.52. The minimum absolute atomic E-state index is 0.0603. The molecule has 1 unspecified atom stereocenters. The van der Waals surface area contributed by atoms with Gasteiger partial charge in [0.15, 0.2) is 0 Å². The summed E-state index contributed by atoms with van der Waals surface area (Å²) in [6, 6.07) is 5.65. The predicted molar refractivity (Wildman–Crippen MR) is 86.2 cm³/mol. The summed E-state index contributed by atoms with van der Waals surface area (Å²) in [4.78, 5) is 13.7. The second kappa shape index (κ2) is 8.42. The van der Waals surface area contributed by atoms with Crippen molar-refractivity contribution in [2.75, 3.05) is 13.1 Å². The molecule has 1 atom stereocenters. The average molecular weight is 360 g/mol. The third kappa shape index (κ3) is 6.81. The number of alkyl halides is 3. The Morgan fingerprint density at radius 2 is 2.16 bits per heavy atom. The van der Waals surface area contributed by atoms with Gasteiger partial charge in [0, 0.05) is 19.1 Å². The fraction of sp³-hybridized carbons (Fsp3) is 0.588. The summed E-state index contributed by atoms with van der Waals surface area (Å²) in [6.45, 7) is 5.10. The molecule has 2 amide bonds. The lowest BCUT2D eigenvalue weighted by Gasteiger charge is -2.33. The largest absolute Gasteiger partial charge is 0.573 e. The smallest absolute Gasteiger partial charge is 0.406 e. The Bertz CT molecular complexity index is 579.